The molecule has 0 bridgehead atoms. The minimum atomic E-state index is -0.292. The number of aromatic hydroxyl groups is 1. The van der Waals surface area contributed by atoms with E-state index in [0.29, 0.717) is 38.5 Å². The lowest BCUT2D eigenvalue weighted by atomic mass is 9.79. The quantitative estimate of drug-likeness (QED) is 0.350. The number of phenolic OH excluding ortho intramolecular Hbond substituents is 1. The molecular formula is C29H42BNO7. The van der Waals surface area contributed by atoms with E-state index in [-0.39, 0.29) is 28.7 Å². The fourth-order valence-corrected chi connectivity index (χ4v) is 3.69. The van der Waals surface area contributed by atoms with E-state index in [1.54, 1.807) is 31.3 Å². The van der Waals surface area contributed by atoms with Gasteiger partial charge in [-0.15, -0.1) is 0 Å². The van der Waals surface area contributed by atoms with Gasteiger partial charge in [0.1, 0.15) is 30.3 Å². The maximum absolute atomic E-state index is 11.0. The second-order valence-electron chi connectivity index (χ2n) is 11.6. The van der Waals surface area contributed by atoms with Crippen LogP contribution in [0.25, 0.3) is 0 Å². The van der Waals surface area contributed by atoms with Crippen LogP contribution in [0.4, 0.5) is 0 Å². The smallest absolute Gasteiger partial charge is 0.494 e. The largest absolute Gasteiger partial charge is 0.633 e. The molecule has 2 saturated heterocycles. The lowest BCUT2D eigenvalue weighted by Gasteiger charge is -2.41. The maximum Gasteiger partial charge on any atom is 0.494 e. The van der Waals surface area contributed by atoms with Crippen LogP contribution in [0.1, 0.15) is 53.4 Å². The number of ether oxygens (including phenoxy) is 3. The van der Waals surface area contributed by atoms with Gasteiger partial charge in [0, 0.05) is 0 Å². The number of likely N-dealkylation sites (N-methyl/N-ethyl adjacent to an activating group) is 1. The Hall–Kier alpha value is -2.30. The Balaban J connectivity index is 0.000000149. The fraction of sp³-hybridized carbons (Fsp3) is 0.586. The van der Waals surface area contributed by atoms with Gasteiger partial charge in [-0.05, 0) is 95.2 Å². The van der Waals surface area contributed by atoms with Gasteiger partial charge >= 0.3 is 7.12 Å². The van der Waals surface area contributed by atoms with Crippen molar-refractivity contribution >= 4 is 12.6 Å². The molecule has 4 fully saturated rings. The Morgan fingerprint density at radius 3 is 1.58 bits per heavy atom. The number of benzene rings is 2. The number of morpholine rings is 1. The van der Waals surface area contributed by atoms with Crippen molar-refractivity contribution < 1.29 is 33.3 Å². The molecule has 2 aromatic carbocycles. The second kappa shape index (κ2) is 11.8. The van der Waals surface area contributed by atoms with E-state index in [4.69, 9.17) is 28.6 Å². The predicted octanol–water partition coefficient (Wildman–Crippen LogP) is 4.42. The number of phenols is 1. The van der Waals surface area contributed by atoms with Crippen LogP contribution in [0.15, 0.2) is 48.5 Å². The number of rotatable bonds is 5. The molecule has 2 saturated carbocycles. The normalized spacial score (nSPS) is 22.8. The minimum Gasteiger partial charge on any atom is -0.633 e. The first-order valence-electron chi connectivity index (χ1n) is 13.6. The van der Waals surface area contributed by atoms with Crippen LogP contribution in [0.2, 0.25) is 0 Å². The highest BCUT2D eigenvalue weighted by Crippen LogP contribution is 2.36. The Morgan fingerprint density at radius 1 is 0.789 bits per heavy atom. The number of hydrogen-bond acceptors (Lipinski definition) is 7. The van der Waals surface area contributed by atoms with Gasteiger partial charge < -0.3 is 38.5 Å². The monoisotopic (exact) mass is 527 g/mol. The van der Waals surface area contributed by atoms with Crippen LogP contribution in [-0.4, -0.2) is 73.6 Å². The SMILES string of the molecule is CC1(C)OB(c2ccc(OC3CC3)cc2)OC1(C)C.C[N+]1([O-])CCOCC1.Oc1ccc(OC2CC2)cc1. The van der Waals surface area contributed by atoms with Crippen molar-refractivity contribution in [2.24, 2.45) is 0 Å². The number of quaternary nitrogens is 1. The van der Waals surface area contributed by atoms with Crippen LogP contribution < -0.4 is 14.9 Å². The van der Waals surface area contributed by atoms with Crippen molar-refractivity contribution in [1.82, 2.24) is 0 Å². The maximum atomic E-state index is 11.0. The van der Waals surface area contributed by atoms with E-state index in [1.165, 1.54) is 25.7 Å². The van der Waals surface area contributed by atoms with Gasteiger partial charge in [-0.25, -0.2) is 0 Å². The van der Waals surface area contributed by atoms with Gasteiger partial charge in [-0.1, -0.05) is 12.1 Å². The van der Waals surface area contributed by atoms with E-state index in [1.807, 2.05) is 24.3 Å². The van der Waals surface area contributed by atoms with Gasteiger partial charge in [0.15, 0.2) is 0 Å². The first-order chi connectivity index (χ1) is 17.9. The third-order valence-corrected chi connectivity index (χ3v) is 7.31. The van der Waals surface area contributed by atoms with Crippen LogP contribution in [0, 0.1) is 5.21 Å². The molecular weight excluding hydrogens is 485 g/mol. The van der Waals surface area contributed by atoms with E-state index < -0.39 is 0 Å². The van der Waals surface area contributed by atoms with Crippen molar-refractivity contribution in [2.75, 3.05) is 33.4 Å². The van der Waals surface area contributed by atoms with Crippen molar-refractivity contribution in [3.05, 3.63) is 53.7 Å². The van der Waals surface area contributed by atoms with Crippen molar-refractivity contribution in [3.63, 3.8) is 0 Å². The number of nitrogens with zero attached hydrogens (tertiary/aromatic N) is 1. The third kappa shape index (κ3) is 8.61. The Bertz CT molecular complexity index is 994. The molecule has 38 heavy (non-hydrogen) atoms. The van der Waals surface area contributed by atoms with Crippen molar-refractivity contribution in [3.8, 4) is 17.2 Å². The molecule has 4 aliphatic rings. The van der Waals surface area contributed by atoms with E-state index in [9.17, 15) is 5.21 Å². The minimum absolute atomic E-state index is 0.125. The molecule has 2 aliphatic heterocycles. The predicted molar refractivity (Wildman–Crippen MR) is 148 cm³/mol. The zero-order valence-electron chi connectivity index (χ0n) is 23.4. The number of hydrogen-bond donors (Lipinski definition) is 1. The first kappa shape index (κ1) is 28.7. The van der Waals surface area contributed by atoms with Crippen LogP contribution in [-0.2, 0) is 14.0 Å². The van der Waals surface area contributed by atoms with Crippen LogP contribution >= 0.6 is 0 Å². The molecule has 9 heteroatoms. The highest BCUT2D eigenvalue weighted by Gasteiger charge is 2.51. The summed E-state index contributed by atoms with van der Waals surface area (Å²) in [5, 5.41) is 19.9. The van der Waals surface area contributed by atoms with Crippen molar-refractivity contribution in [1.29, 1.82) is 0 Å². The molecule has 0 amide bonds. The Morgan fingerprint density at radius 2 is 1.21 bits per heavy atom. The topological polar surface area (TPSA) is 89.4 Å². The van der Waals surface area contributed by atoms with Gasteiger partial charge in [-0.2, -0.15) is 0 Å². The molecule has 0 radical (unpaired) electrons. The summed E-state index contributed by atoms with van der Waals surface area (Å²) in [6, 6.07) is 14.9. The lowest BCUT2D eigenvalue weighted by molar-refractivity contribution is -0.869. The zero-order chi connectivity index (χ0) is 27.4. The molecule has 2 aliphatic carbocycles. The molecule has 208 valence electrons. The highest BCUT2D eigenvalue weighted by molar-refractivity contribution is 6.62. The third-order valence-electron chi connectivity index (χ3n) is 7.31. The molecule has 0 aromatic heterocycles. The summed E-state index contributed by atoms with van der Waals surface area (Å²) in [6.45, 7) is 10.7. The zero-order valence-corrected chi connectivity index (χ0v) is 23.4. The second-order valence-corrected chi connectivity index (χ2v) is 11.6. The van der Waals surface area contributed by atoms with Crippen molar-refractivity contribution in [2.45, 2.75) is 76.8 Å². The molecule has 2 aromatic rings. The molecule has 0 spiro atoms. The van der Waals surface area contributed by atoms with Crippen LogP contribution in [0.5, 0.6) is 17.2 Å². The summed E-state index contributed by atoms with van der Waals surface area (Å²) in [4.78, 5) is 0. The molecule has 0 unspecified atom stereocenters. The fourth-order valence-electron chi connectivity index (χ4n) is 3.69. The lowest BCUT2D eigenvalue weighted by Crippen LogP contribution is -2.46. The molecule has 0 atom stereocenters. The summed E-state index contributed by atoms with van der Waals surface area (Å²) in [5.74, 6) is 2.07. The Kier molecular flexibility index (Phi) is 8.94. The highest BCUT2D eigenvalue weighted by atomic mass is 16.7. The van der Waals surface area contributed by atoms with Crippen LogP contribution in [0.3, 0.4) is 0 Å². The molecule has 2 heterocycles. The Labute approximate surface area is 227 Å². The van der Waals surface area contributed by atoms with E-state index >= 15 is 0 Å². The van der Waals surface area contributed by atoms with E-state index in [2.05, 4.69) is 27.7 Å². The first-order valence-corrected chi connectivity index (χ1v) is 13.6. The molecule has 6 rings (SSSR count). The summed E-state index contributed by atoms with van der Waals surface area (Å²) < 4.78 is 28.1. The van der Waals surface area contributed by atoms with Gasteiger partial charge in [0.2, 0.25) is 0 Å². The average molecular weight is 527 g/mol. The molecule has 8 nitrogen and oxygen atoms in total. The summed E-state index contributed by atoms with van der Waals surface area (Å²) in [6.07, 6.45) is 5.56. The van der Waals surface area contributed by atoms with Gasteiger partial charge in [0.25, 0.3) is 0 Å². The number of hydroxylamine groups is 3. The molecule has 1 N–H and O–H groups in total. The van der Waals surface area contributed by atoms with Gasteiger partial charge in [-0.3, -0.25) is 0 Å². The summed E-state index contributed by atoms with van der Waals surface area (Å²) in [7, 11) is 1.39. The standard InChI is InChI=1S/C15H21BO3.C9H10O2.C5H11NO2/c1-14(2)15(3,4)19-16(18-14)11-5-7-12(8-6-11)17-13-9-10-13;10-7-1-3-8(4-2-7)11-9-5-6-9;1-6(7)2-4-8-5-3-6/h5-8,13H,9-10H2,1-4H3;1-4,9-10H,5-6H2;2-5H2,1H3. The average Bonchev–Trinajstić information content (AvgIpc) is 3.78. The summed E-state index contributed by atoms with van der Waals surface area (Å²) >= 11 is 0. The summed E-state index contributed by atoms with van der Waals surface area (Å²) in [5.41, 5.74) is 0.462. The van der Waals surface area contributed by atoms with E-state index in [0.717, 1.165) is 17.0 Å². The van der Waals surface area contributed by atoms with Gasteiger partial charge in [0.05, 0.1) is 43.7 Å².